The van der Waals surface area contributed by atoms with E-state index in [0.29, 0.717) is 11.6 Å². The number of carbonyl (C=O) groups is 1. The fraction of sp³-hybridized carbons (Fsp3) is 0.300. The topological polar surface area (TPSA) is 118 Å². The number of hydrogen-bond donors (Lipinski definition) is 1. The van der Waals surface area contributed by atoms with E-state index in [1.807, 2.05) is 0 Å². The molecule has 19 heavy (non-hydrogen) atoms. The molecular weight excluding hydrogens is 252 g/mol. The van der Waals surface area contributed by atoms with Gasteiger partial charge in [-0.3, -0.25) is 0 Å². The number of anilines is 1. The van der Waals surface area contributed by atoms with Crippen molar-refractivity contribution < 1.29 is 14.3 Å². The number of aromatic nitrogens is 5. The van der Waals surface area contributed by atoms with Crippen LogP contribution in [0.4, 0.5) is 5.82 Å². The van der Waals surface area contributed by atoms with Gasteiger partial charge in [-0.1, -0.05) is 0 Å². The highest BCUT2D eigenvalue weighted by Crippen LogP contribution is 2.08. The fourth-order valence-corrected chi connectivity index (χ4v) is 1.37. The molecule has 0 aliphatic carbocycles. The van der Waals surface area contributed by atoms with Gasteiger partial charge in [0.05, 0.1) is 7.11 Å². The van der Waals surface area contributed by atoms with Gasteiger partial charge in [0.25, 0.3) is 5.82 Å². The number of hydrogen-bond acceptors (Lipinski definition) is 8. The van der Waals surface area contributed by atoms with Gasteiger partial charge in [-0.15, -0.1) is 5.10 Å². The van der Waals surface area contributed by atoms with E-state index in [2.05, 4.69) is 24.8 Å². The molecule has 0 saturated heterocycles. The van der Waals surface area contributed by atoms with Crippen molar-refractivity contribution in [2.45, 2.75) is 6.61 Å². The molecule has 0 unspecified atom stereocenters. The van der Waals surface area contributed by atoms with Crippen molar-refractivity contribution in [2.24, 2.45) is 0 Å². The third-order valence-corrected chi connectivity index (χ3v) is 2.15. The number of methoxy groups -OCH3 is 2. The summed E-state index contributed by atoms with van der Waals surface area (Å²) in [7, 11) is 2.78. The molecule has 0 spiro atoms. The van der Waals surface area contributed by atoms with E-state index in [-0.39, 0.29) is 18.2 Å². The van der Waals surface area contributed by atoms with Crippen LogP contribution in [0.3, 0.4) is 0 Å². The SMILES string of the molecule is COCc1nc(N)cc(-n2cnc(C(=O)OC)n2)n1. The standard InChI is InChI=1S/C10H12N6O3/c1-18-4-7-13-6(11)3-8(14-7)16-5-12-9(15-16)10(17)19-2/h3,5H,4H2,1-2H3,(H2,11,13,14). The van der Waals surface area contributed by atoms with Gasteiger partial charge in [-0.25, -0.2) is 24.4 Å². The van der Waals surface area contributed by atoms with Gasteiger partial charge in [-0.05, 0) is 0 Å². The van der Waals surface area contributed by atoms with Crippen LogP contribution in [0, 0.1) is 0 Å². The maximum Gasteiger partial charge on any atom is 0.377 e. The number of rotatable bonds is 4. The molecule has 0 radical (unpaired) electrons. The van der Waals surface area contributed by atoms with Crippen molar-refractivity contribution in [3.8, 4) is 5.82 Å². The van der Waals surface area contributed by atoms with Crippen molar-refractivity contribution in [1.82, 2.24) is 24.7 Å². The molecule has 2 aromatic rings. The molecule has 0 amide bonds. The second-order valence-electron chi connectivity index (χ2n) is 3.50. The molecule has 0 atom stereocenters. The van der Waals surface area contributed by atoms with Crippen molar-refractivity contribution in [3.05, 3.63) is 24.0 Å². The first kappa shape index (κ1) is 12.9. The lowest BCUT2D eigenvalue weighted by Gasteiger charge is -2.04. The fourth-order valence-electron chi connectivity index (χ4n) is 1.37. The summed E-state index contributed by atoms with van der Waals surface area (Å²) in [5, 5.41) is 3.94. The van der Waals surface area contributed by atoms with E-state index >= 15 is 0 Å². The van der Waals surface area contributed by atoms with Gasteiger partial charge < -0.3 is 15.2 Å². The highest BCUT2D eigenvalue weighted by Gasteiger charge is 2.13. The molecule has 100 valence electrons. The highest BCUT2D eigenvalue weighted by molar-refractivity contribution is 5.84. The monoisotopic (exact) mass is 264 g/mol. The molecule has 2 heterocycles. The number of ether oxygens (including phenoxy) is 2. The molecular formula is C10H12N6O3. The Morgan fingerprint density at radius 1 is 1.42 bits per heavy atom. The van der Waals surface area contributed by atoms with Gasteiger partial charge in [0.1, 0.15) is 18.8 Å². The Balaban J connectivity index is 2.35. The van der Waals surface area contributed by atoms with Crippen molar-refractivity contribution in [2.75, 3.05) is 20.0 Å². The van der Waals surface area contributed by atoms with E-state index in [1.54, 1.807) is 0 Å². The van der Waals surface area contributed by atoms with Crippen LogP contribution in [0.5, 0.6) is 0 Å². The van der Waals surface area contributed by atoms with E-state index in [1.165, 1.54) is 31.3 Å². The largest absolute Gasteiger partial charge is 0.463 e. The second kappa shape index (κ2) is 5.40. The van der Waals surface area contributed by atoms with Gasteiger partial charge in [0, 0.05) is 13.2 Å². The molecule has 2 rings (SSSR count). The van der Waals surface area contributed by atoms with Crippen LogP contribution in [0.2, 0.25) is 0 Å². The van der Waals surface area contributed by atoms with Gasteiger partial charge >= 0.3 is 5.97 Å². The summed E-state index contributed by atoms with van der Waals surface area (Å²) in [4.78, 5) is 23.2. The smallest absolute Gasteiger partial charge is 0.377 e. The van der Waals surface area contributed by atoms with Crippen LogP contribution in [0.25, 0.3) is 5.82 Å². The zero-order valence-corrected chi connectivity index (χ0v) is 10.4. The minimum Gasteiger partial charge on any atom is -0.463 e. The third-order valence-electron chi connectivity index (χ3n) is 2.15. The predicted octanol–water partition coefficient (Wildman–Crippen LogP) is -0.428. The Hall–Kier alpha value is -2.55. The average Bonchev–Trinajstić information content (AvgIpc) is 2.87. The summed E-state index contributed by atoms with van der Waals surface area (Å²) < 4.78 is 10.8. The first-order valence-corrected chi connectivity index (χ1v) is 5.26. The van der Waals surface area contributed by atoms with Crippen LogP contribution in [0.15, 0.2) is 12.4 Å². The number of nitrogens with two attached hydrogens (primary N) is 1. The molecule has 0 aliphatic heterocycles. The Bertz CT molecular complexity index is 597. The summed E-state index contributed by atoms with van der Waals surface area (Å²) in [6.07, 6.45) is 1.34. The number of carbonyl (C=O) groups excluding carboxylic acids is 1. The average molecular weight is 264 g/mol. The molecule has 0 bridgehead atoms. The Labute approximate surface area is 108 Å². The molecule has 0 aliphatic rings. The van der Waals surface area contributed by atoms with Crippen molar-refractivity contribution in [3.63, 3.8) is 0 Å². The number of esters is 1. The molecule has 2 aromatic heterocycles. The molecule has 0 aromatic carbocycles. The third kappa shape index (κ3) is 2.83. The molecule has 0 fully saturated rings. The Morgan fingerprint density at radius 3 is 2.89 bits per heavy atom. The van der Waals surface area contributed by atoms with Gasteiger partial charge in [0.2, 0.25) is 0 Å². The minimum absolute atomic E-state index is 0.0621. The van der Waals surface area contributed by atoms with Gasteiger partial charge in [0.15, 0.2) is 11.6 Å². The quantitative estimate of drug-likeness (QED) is 0.739. The number of nitrogen functional groups attached to an aromatic ring is 1. The lowest BCUT2D eigenvalue weighted by atomic mass is 10.5. The summed E-state index contributed by atoms with van der Waals surface area (Å²) in [5.41, 5.74) is 5.66. The second-order valence-corrected chi connectivity index (χ2v) is 3.50. The maximum atomic E-state index is 11.3. The van der Waals surface area contributed by atoms with Crippen LogP contribution < -0.4 is 5.73 Å². The van der Waals surface area contributed by atoms with Gasteiger partial charge in [-0.2, -0.15) is 0 Å². The van der Waals surface area contributed by atoms with E-state index in [9.17, 15) is 4.79 Å². The summed E-state index contributed by atoms with van der Waals surface area (Å²) in [6, 6.07) is 1.51. The van der Waals surface area contributed by atoms with E-state index in [4.69, 9.17) is 10.5 Å². The zero-order valence-electron chi connectivity index (χ0n) is 10.4. The minimum atomic E-state index is -0.627. The van der Waals surface area contributed by atoms with Crippen molar-refractivity contribution in [1.29, 1.82) is 0 Å². The first-order chi connectivity index (χ1) is 9.13. The zero-order chi connectivity index (χ0) is 13.8. The number of nitrogens with zero attached hydrogens (tertiary/aromatic N) is 5. The predicted molar refractivity (Wildman–Crippen MR) is 63.4 cm³/mol. The first-order valence-electron chi connectivity index (χ1n) is 5.26. The summed E-state index contributed by atoms with van der Waals surface area (Å²) >= 11 is 0. The lowest BCUT2D eigenvalue weighted by molar-refractivity contribution is 0.0587. The van der Waals surface area contributed by atoms with Crippen LogP contribution in [-0.4, -0.2) is 44.9 Å². The molecule has 2 N–H and O–H groups in total. The summed E-state index contributed by atoms with van der Waals surface area (Å²) in [5.74, 6) is 0.382. The van der Waals surface area contributed by atoms with E-state index in [0.717, 1.165) is 0 Å². The van der Waals surface area contributed by atoms with E-state index < -0.39 is 5.97 Å². The maximum absolute atomic E-state index is 11.3. The normalized spacial score (nSPS) is 10.4. The molecule has 9 heteroatoms. The Morgan fingerprint density at radius 2 is 2.21 bits per heavy atom. The Kier molecular flexibility index (Phi) is 3.66. The van der Waals surface area contributed by atoms with Crippen LogP contribution in [0.1, 0.15) is 16.4 Å². The molecule has 9 nitrogen and oxygen atoms in total. The van der Waals surface area contributed by atoms with Crippen LogP contribution >= 0.6 is 0 Å². The van der Waals surface area contributed by atoms with Crippen LogP contribution in [-0.2, 0) is 16.1 Å². The lowest BCUT2D eigenvalue weighted by Crippen LogP contribution is -2.08. The highest BCUT2D eigenvalue weighted by atomic mass is 16.5. The molecule has 0 saturated carbocycles. The summed E-state index contributed by atoms with van der Waals surface area (Å²) in [6.45, 7) is 0.219. The van der Waals surface area contributed by atoms with Crippen molar-refractivity contribution >= 4 is 11.8 Å².